The van der Waals surface area contributed by atoms with Crippen molar-refractivity contribution in [2.24, 2.45) is 0 Å². The van der Waals surface area contributed by atoms with E-state index >= 15 is 0 Å². The van der Waals surface area contributed by atoms with Crippen LogP contribution in [-0.4, -0.2) is 30.4 Å². The van der Waals surface area contributed by atoms with Crippen LogP contribution in [0.25, 0.3) is 11.1 Å². The number of ether oxygens (including phenoxy) is 2. The molecule has 0 atom stereocenters. The monoisotopic (exact) mass is 758 g/mol. The summed E-state index contributed by atoms with van der Waals surface area (Å²) in [6, 6.07) is 50.9. The smallest absolute Gasteiger partial charge is 0.150 e. The first-order valence-corrected chi connectivity index (χ1v) is 27.1. The molecular weight excluding hydrogens is 711 g/mol. The molecule has 0 spiro atoms. The topological polar surface area (TPSA) is 36.9 Å². The molecule has 52 heavy (non-hydrogen) atoms. The lowest BCUT2D eigenvalue weighted by molar-refractivity contribution is 0.408. The van der Waals surface area contributed by atoms with E-state index in [2.05, 4.69) is 185 Å². The van der Waals surface area contributed by atoms with Gasteiger partial charge in [0.05, 0.1) is 41.5 Å². The maximum atomic E-state index is 7.55. The summed E-state index contributed by atoms with van der Waals surface area (Å²) in [5, 5.41) is 6.96. The standard InChI is InChI=1S/C44H48O4P2Si2/c1-45-37-29-31-39(51(3,4)5)43(47-49(33-21-13-9-14-22-33)34-23-15-10-16-24-34)41(37)42-38(46-2)30-32-40(52(6,7)8)44(42)48-50(35-25-17-11-18-26-35)36-27-19-12-20-28-36/h9-32H,1-8H3. The van der Waals surface area contributed by atoms with E-state index < -0.39 is 32.4 Å². The van der Waals surface area contributed by atoms with Gasteiger partial charge in [0.1, 0.15) is 23.0 Å². The molecule has 0 aromatic heterocycles. The molecule has 0 fully saturated rings. The van der Waals surface area contributed by atoms with Crippen molar-refractivity contribution in [3.8, 4) is 34.1 Å². The Morgan fingerprint density at radius 2 is 0.635 bits per heavy atom. The van der Waals surface area contributed by atoms with Gasteiger partial charge in [-0.3, -0.25) is 0 Å². The van der Waals surface area contributed by atoms with Crippen LogP contribution in [0.2, 0.25) is 39.3 Å². The van der Waals surface area contributed by atoms with E-state index in [1.165, 1.54) is 10.4 Å². The van der Waals surface area contributed by atoms with E-state index in [1.54, 1.807) is 14.2 Å². The molecular formula is C44H48O4P2Si2. The molecule has 0 unspecified atom stereocenters. The Kier molecular flexibility index (Phi) is 11.7. The minimum atomic E-state index is -2.02. The summed E-state index contributed by atoms with van der Waals surface area (Å²) in [6.45, 7) is 14.2. The summed E-state index contributed by atoms with van der Waals surface area (Å²) < 4.78 is 27.7. The third-order valence-corrected chi connectivity index (χ3v) is 16.7. The Morgan fingerprint density at radius 1 is 0.365 bits per heavy atom. The summed E-state index contributed by atoms with van der Waals surface area (Å²) in [7, 11) is -3.07. The molecule has 0 heterocycles. The summed E-state index contributed by atoms with van der Waals surface area (Å²) in [4.78, 5) is 0. The lowest BCUT2D eigenvalue weighted by Gasteiger charge is -2.32. The third kappa shape index (κ3) is 8.22. The van der Waals surface area contributed by atoms with Crippen molar-refractivity contribution in [3.05, 3.63) is 146 Å². The van der Waals surface area contributed by atoms with Crippen molar-refractivity contribution in [2.75, 3.05) is 14.2 Å². The highest BCUT2D eigenvalue weighted by molar-refractivity contribution is 7.69. The van der Waals surface area contributed by atoms with Gasteiger partial charge in [0.2, 0.25) is 0 Å². The minimum absolute atomic E-state index is 0.715. The van der Waals surface area contributed by atoms with Gasteiger partial charge in [0, 0.05) is 21.2 Å². The second-order valence-corrected chi connectivity index (χ2v) is 28.3. The Morgan fingerprint density at radius 3 is 0.865 bits per heavy atom. The molecule has 0 saturated heterocycles. The molecule has 0 saturated carbocycles. The average molecular weight is 759 g/mol. The Hall–Kier alpha value is -4.19. The van der Waals surface area contributed by atoms with Crippen LogP contribution in [0.1, 0.15) is 0 Å². The van der Waals surface area contributed by atoms with Gasteiger partial charge >= 0.3 is 0 Å². The number of methoxy groups -OCH3 is 2. The average Bonchev–Trinajstić information content (AvgIpc) is 3.15. The zero-order valence-electron chi connectivity index (χ0n) is 31.4. The minimum Gasteiger partial charge on any atom is -0.496 e. The van der Waals surface area contributed by atoms with Gasteiger partial charge in [0.25, 0.3) is 0 Å². The SMILES string of the molecule is COc1ccc([Si](C)(C)C)c(OP(c2ccccc2)c2ccccc2)c1-c1c(OC)ccc([Si](C)(C)C)c1OP(c1ccccc1)c1ccccc1. The predicted octanol–water partition coefficient (Wildman–Crippen LogP) is 9.31. The summed E-state index contributed by atoms with van der Waals surface area (Å²) in [5.74, 6) is 3.09. The molecule has 0 radical (unpaired) electrons. The Bertz CT molecular complexity index is 1850. The lowest BCUT2D eigenvalue weighted by Crippen LogP contribution is -2.40. The predicted molar refractivity (Wildman–Crippen MR) is 230 cm³/mol. The van der Waals surface area contributed by atoms with Gasteiger partial charge in [-0.25, -0.2) is 0 Å². The quantitative estimate of drug-likeness (QED) is 0.0870. The molecule has 0 aliphatic rings. The highest BCUT2D eigenvalue weighted by atomic mass is 31.1. The third-order valence-electron chi connectivity index (χ3n) is 8.87. The van der Waals surface area contributed by atoms with Gasteiger partial charge in [-0.2, -0.15) is 0 Å². The zero-order valence-corrected chi connectivity index (χ0v) is 35.2. The van der Waals surface area contributed by atoms with Crippen LogP contribution < -0.4 is 50.1 Å². The number of hydrogen-bond acceptors (Lipinski definition) is 4. The van der Waals surface area contributed by atoms with Crippen LogP contribution in [0, 0.1) is 0 Å². The lowest BCUT2D eigenvalue weighted by atomic mass is 10.0. The fourth-order valence-corrected chi connectivity index (χ4v) is 12.8. The van der Waals surface area contributed by atoms with E-state index in [0.717, 1.165) is 43.8 Å². The fourth-order valence-electron chi connectivity index (χ4n) is 6.26. The van der Waals surface area contributed by atoms with E-state index in [4.69, 9.17) is 18.5 Å². The van der Waals surface area contributed by atoms with Gasteiger partial charge in [-0.05, 0) is 22.5 Å². The van der Waals surface area contributed by atoms with E-state index in [1.807, 2.05) is 0 Å². The molecule has 6 aromatic rings. The maximum absolute atomic E-state index is 7.55. The van der Waals surface area contributed by atoms with Gasteiger partial charge in [0.15, 0.2) is 16.3 Å². The number of hydrogen-bond donors (Lipinski definition) is 0. The van der Waals surface area contributed by atoms with E-state index in [9.17, 15) is 0 Å². The van der Waals surface area contributed by atoms with E-state index in [0.29, 0.717) is 11.5 Å². The van der Waals surface area contributed by atoms with Crippen LogP contribution in [0.4, 0.5) is 0 Å². The van der Waals surface area contributed by atoms with Crippen molar-refractivity contribution in [2.45, 2.75) is 39.3 Å². The van der Waals surface area contributed by atoms with Crippen LogP contribution in [0.5, 0.6) is 23.0 Å². The van der Waals surface area contributed by atoms with Crippen LogP contribution in [-0.2, 0) is 0 Å². The first-order valence-electron chi connectivity index (χ1n) is 17.6. The summed E-state index contributed by atoms with van der Waals surface area (Å²) in [6.07, 6.45) is 0. The zero-order chi connectivity index (χ0) is 36.9. The highest BCUT2D eigenvalue weighted by Gasteiger charge is 2.35. The van der Waals surface area contributed by atoms with Crippen LogP contribution in [0.3, 0.4) is 0 Å². The van der Waals surface area contributed by atoms with Gasteiger partial charge < -0.3 is 18.5 Å². The number of benzene rings is 6. The van der Waals surface area contributed by atoms with Crippen molar-refractivity contribution < 1.29 is 18.5 Å². The van der Waals surface area contributed by atoms with Crippen molar-refractivity contribution in [1.29, 1.82) is 0 Å². The van der Waals surface area contributed by atoms with Crippen molar-refractivity contribution in [1.82, 2.24) is 0 Å². The molecule has 0 aliphatic heterocycles. The molecule has 0 amide bonds. The largest absolute Gasteiger partial charge is 0.496 e. The number of rotatable bonds is 13. The fraction of sp³-hybridized carbons (Fsp3) is 0.182. The summed E-state index contributed by atoms with van der Waals surface area (Å²) in [5.41, 5.74) is 1.73. The van der Waals surface area contributed by atoms with Crippen molar-refractivity contribution >= 4 is 64.0 Å². The normalized spacial score (nSPS) is 11.8. The second-order valence-electron chi connectivity index (χ2n) is 14.7. The summed E-state index contributed by atoms with van der Waals surface area (Å²) >= 11 is 0. The molecule has 6 rings (SSSR count). The molecule has 266 valence electrons. The molecule has 8 heteroatoms. The van der Waals surface area contributed by atoms with Gasteiger partial charge in [-0.1, -0.05) is 173 Å². The molecule has 4 nitrogen and oxygen atoms in total. The molecule has 0 bridgehead atoms. The van der Waals surface area contributed by atoms with Crippen LogP contribution in [0.15, 0.2) is 146 Å². The van der Waals surface area contributed by atoms with Crippen molar-refractivity contribution in [3.63, 3.8) is 0 Å². The van der Waals surface area contributed by atoms with E-state index in [-0.39, 0.29) is 0 Å². The Balaban J connectivity index is 1.70. The molecule has 0 aliphatic carbocycles. The van der Waals surface area contributed by atoms with Gasteiger partial charge in [-0.15, -0.1) is 0 Å². The maximum Gasteiger partial charge on any atom is 0.150 e. The molecule has 0 N–H and O–H groups in total. The first kappa shape index (κ1) is 37.6. The molecule has 6 aromatic carbocycles. The van der Waals surface area contributed by atoms with Crippen LogP contribution >= 0.6 is 16.3 Å². The highest BCUT2D eigenvalue weighted by Crippen LogP contribution is 2.52. The first-order chi connectivity index (χ1) is 25.0. The second kappa shape index (κ2) is 16.2. The Labute approximate surface area is 314 Å².